The molecule has 0 aromatic carbocycles. The number of hydrogen-bond donors (Lipinski definition) is 1. The number of hydrogen-bond acceptors (Lipinski definition) is 4. The van der Waals surface area contributed by atoms with Crippen LogP contribution in [0.1, 0.15) is 28.9 Å². The third-order valence-electron chi connectivity index (χ3n) is 2.82. The lowest BCUT2D eigenvalue weighted by molar-refractivity contribution is 0.0827. The van der Waals surface area contributed by atoms with Crippen molar-refractivity contribution in [1.82, 2.24) is 9.88 Å². The van der Waals surface area contributed by atoms with Crippen molar-refractivity contribution in [2.75, 3.05) is 19.4 Å². The number of amides is 1. The summed E-state index contributed by atoms with van der Waals surface area (Å²) >= 11 is 1.68. The molecule has 2 rings (SSSR count). The molecule has 1 unspecified atom stereocenters. The summed E-state index contributed by atoms with van der Waals surface area (Å²) in [5.74, 6) is 0.735. The van der Waals surface area contributed by atoms with E-state index < -0.39 is 0 Å². The average Bonchev–Trinajstić information content (AvgIpc) is 2.92. The van der Waals surface area contributed by atoms with Crippen LogP contribution in [0.2, 0.25) is 0 Å². The van der Waals surface area contributed by atoms with Crippen molar-refractivity contribution < 1.29 is 4.79 Å². The molecule has 100 valence electrons. The lowest BCUT2D eigenvalue weighted by atomic mass is 10.2. The van der Waals surface area contributed by atoms with Crippen LogP contribution in [-0.4, -0.2) is 29.9 Å². The first kappa shape index (κ1) is 13.5. The zero-order chi connectivity index (χ0) is 13.8. The van der Waals surface area contributed by atoms with E-state index in [2.05, 4.69) is 34.1 Å². The van der Waals surface area contributed by atoms with Crippen LogP contribution in [0.15, 0.2) is 35.2 Å². The summed E-state index contributed by atoms with van der Waals surface area (Å²) in [4.78, 5) is 17.5. The van der Waals surface area contributed by atoms with Gasteiger partial charge in [0.05, 0.1) is 11.6 Å². The predicted octanol–water partition coefficient (Wildman–Crippen LogP) is 3.02. The fourth-order valence-electron chi connectivity index (χ4n) is 1.69. The van der Waals surface area contributed by atoms with Gasteiger partial charge in [-0.2, -0.15) is 11.3 Å². The molecule has 0 bridgehead atoms. The average molecular weight is 275 g/mol. The van der Waals surface area contributed by atoms with Gasteiger partial charge in [0.25, 0.3) is 5.91 Å². The van der Waals surface area contributed by atoms with Crippen LogP contribution in [0.5, 0.6) is 0 Å². The highest BCUT2D eigenvalue weighted by Gasteiger charge is 2.09. The monoisotopic (exact) mass is 275 g/mol. The number of thiophene rings is 1. The van der Waals surface area contributed by atoms with Crippen LogP contribution in [0, 0.1) is 0 Å². The van der Waals surface area contributed by atoms with Gasteiger partial charge in [-0.15, -0.1) is 0 Å². The molecule has 0 fully saturated rings. The molecule has 19 heavy (non-hydrogen) atoms. The van der Waals surface area contributed by atoms with Crippen molar-refractivity contribution >= 4 is 23.1 Å². The number of pyridine rings is 1. The zero-order valence-corrected chi connectivity index (χ0v) is 12.1. The van der Waals surface area contributed by atoms with E-state index in [0.29, 0.717) is 5.56 Å². The van der Waals surface area contributed by atoms with Gasteiger partial charge >= 0.3 is 0 Å². The molecular weight excluding hydrogens is 258 g/mol. The van der Waals surface area contributed by atoms with Gasteiger partial charge < -0.3 is 10.2 Å². The van der Waals surface area contributed by atoms with Crippen molar-refractivity contribution in [2.24, 2.45) is 0 Å². The lowest BCUT2D eigenvalue weighted by Crippen LogP contribution is -2.21. The molecular formula is C14H17N3OS. The van der Waals surface area contributed by atoms with Gasteiger partial charge in [-0.25, -0.2) is 4.98 Å². The van der Waals surface area contributed by atoms with Gasteiger partial charge in [-0.05, 0) is 41.4 Å². The van der Waals surface area contributed by atoms with Crippen LogP contribution < -0.4 is 5.32 Å². The highest BCUT2D eigenvalue weighted by atomic mass is 32.1. The minimum absolute atomic E-state index is 0.0371. The Labute approximate surface area is 117 Å². The molecule has 1 atom stereocenters. The third-order valence-corrected chi connectivity index (χ3v) is 3.53. The lowest BCUT2D eigenvalue weighted by Gasteiger charge is -2.14. The van der Waals surface area contributed by atoms with Crippen LogP contribution >= 0.6 is 11.3 Å². The summed E-state index contributed by atoms with van der Waals surface area (Å²) in [6.45, 7) is 2.09. The summed E-state index contributed by atoms with van der Waals surface area (Å²) in [6, 6.07) is 5.92. The van der Waals surface area contributed by atoms with Crippen molar-refractivity contribution in [3.8, 4) is 0 Å². The van der Waals surface area contributed by atoms with E-state index in [0.717, 1.165) is 5.82 Å². The molecule has 0 saturated heterocycles. The quantitative estimate of drug-likeness (QED) is 0.933. The molecule has 2 aromatic heterocycles. The smallest absolute Gasteiger partial charge is 0.254 e. The predicted molar refractivity (Wildman–Crippen MR) is 78.6 cm³/mol. The van der Waals surface area contributed by atoms with E-state index in [1.54, 1.807) is 37.7 Å². The molecule has 1 N–H and O–H groups in total. The largest absolute Gasteiger partial charge is 0.364 e. The number of carbonyl (C=O) groups excluding carboxylic acids is 1. The van der Waals surface area contributed by atoms with Crippen LogP contribution in [-0.2, 0) is 0 Å². The van der Waals surface area contributed by atoms with E-state index in [-0.39, 0.29) is 11.9 Å². The van der Waals surface area contributed by atoms with Gasteiger partial charge in [-0.3, -0.25) is 4.79 Å². The second-order valence-electron chi connectivity index (χ2n) is 4.55. The van der Waals surface area contributed by atoms with E-state index in [4.69, 9.17) is 0 Å². The number of nitrogens with one attached hydrogen (secondary N) is 1. The molecule has 0 radical (unpaired) electrons. The van der Waals surface area contributed by atoms with Gasteiger partial charge in [-0.1, -0.05) is 0 Å². The summed E-state index contributed by atoms with van der Waals surface area (Å²) in [7, 11) is 3.46. The van der Waals surface area contributed by atoms with Crippen LogP contribution in [0.4, 0.5) is 5.82 Å². The number of carbonyl (C=O) groups is 1. The van der Waals surface area contributed by atoms with Gasteiger partial charge in [0.2, 0.25) is 0 Å². The van der Waals surface area contributed by atoms with E-state index in [1.165, 1.54) is 10.5 Å². The highest BCUT2D eigenvalue weighted by molar-refractivity contribution is 7.07. The Morgan fingerprint density at radius 3 is 2.68 bits per heavy atom. The van der Waals surface area contributed by atoms with E-state index in [1.807, 2.05) is 6.07 Å². The van der Waals surface area contributed by atoms with Crippen molar-refractivity contribution in [1.29, 1.82) is 0 Å². The van der Waals surface area contributed by atoms with Gasteiger partial charge in [0, 0.05) is 20.3 Å². The normalized spacial score (nSPS) is 11.9. The minimum Gasteiger partial charge on any atom is -0.364 e. The summed E-state index contributed by atoms with van der Waals surface area (Å²) in [5.41, 5.74) is 1.83. The number of rotatable bonds is 4. The molecule has 0 aliphatic heterocycles. The standard InChI is InChI=1S/C14H17N3OS/c1-10(12-6-7-19-9-12)16-13-5-4-11(8-15-13)14(18)17(2)3/h4-10H,1-3H3,(H,15,16). The Bertz CT molecular complexity index is 534. The third kappa shape index (κ3) is 3.32. The second kappa shape index (κ2) is 5.84. The second-order valence-corrected chi connectivity index (χ2v) is 5.33. The topological polar surface area (TPSA) is 45.2 Å². The van der Waals surface area contributed by atoms with E-state index >= 15 is 0 Å². The number of nitrogens with zero attached hydrogens (tertiary/aromatic N) is 2. The highest BCUT2D eigenvalue weighted by Crippen LogP contribution is 2.20. The first-order valence-electron chi connectivity index (χ1n) is 6.04. The van der Waals surface area contributed by atoms with Crippen molar-refractivity contribution in [3.05, 3.63) is 46.3 Å². The van der Waals surface area contributed by atoms with Crippen LogP contribution in [0.3, 0.4) is 0 Å². The van der Waals surface area contributed by atoms with Crippen molar-refractivity contribution in [2.45, 2.75) is 13.0 Å². The molecule has 4 nitrogen and oxygen atoms in total. The zero-order valence-electron chi connectivity index (χ0n) is 11.3. The number of anilines is 1. The Hall–Kier alpha value is -1.88. The Balaban J connectivity index is 2.05. The first-order valence-corrected chi connectivity index (χ1v) is 6.98. The molecule has 0 spiro atoms. The molecule has 0 saturated carbocycles. The number of aromatic nitrogens is 1. The Kier molecular flexibility index (Phi) is 4.16. The SMILES string of the molecule is CC(Nc1ccc(C(=O)N(C)C)cn1)c1ccsc1. The molecule has 0 aliphatic carbocycles. The minimum atomic E-state index is -0.0371. The maximum Gasteiger partial charge on any atom is 0.254 e. The van der Waals surface area contributed by atoms with Crippen molar-refractivity contribution in [3.63, 3.8) is 0 Å². The molecule has 1 amide bonds. The summed E-state index contributed by atoms with van der Waals surface area (Å²) in [5, 5.41) is 7.48. The fourth-order valence-corrected chi connectivity index (χ4v) is 2.44. The van der Waals surface area contributed by atoms with E-state index in [9.17, 15) is 4.79 Å². The van der Waals surface area contributed by atoms with Gasteiger partial charge in [0.15, 0.2) is 0 Å². The molecule has 5 heteroatoms. The van der Waals surface area contributed by atoms with Gasteiger partial charge in [0.1, 0.15) is 5.82 Å². The molecule has 2 aromatic rings. The summed E-state index contributed by atoms with van der Waals surface area (Å²) < 4.78 is 0. The maximum absolute atomic E-state index is 11.7. The molecule has 0 aliphatic rings. The Morgan fingerprint density at radius 1 is 1.37 bits per heavy atom. The maximum atomic E-state index is 11.7. The van der Waals surface area contributed by atoms with Crippen LogP contribution in [0.25, 0.3) is 0 Å². The fraction of sp³-hybridized carbons (Fsp3) is 0.286. The Morgan fingerprint density at radius 2 is 2.16 bits per heavy atom. The summed E-state index contributed by atoms with van der Waals surface area (Å²) in [6.07, 6.45) is 1.60. The first-order chi connectivity index (χ1) is 9.08. The molecule has 2 heterocycles.